The molecule has 2 aromatic carbocycles. The first-order valence-electron chi connectivity index (χ1n) is 9.71. The molecule has 1 N–H and O–H groups in total. The summed E-state index contributed by atoms with van der Waals surface area (Å²) in [5.41, 5.74) is 0.598. The Bertz CT molecular complexity index is 810. The van der Waals surface area contributed by atoms with Crippen LogP contribution in [0.4, 0.5) is 4.79 Å². The Labute approximate surface area is 154 Å². The van der Waals surface area contributed by atoms with Gasteiger partial charge >= 0.3 is 6.09 Å². The normalized spacial score (nSPS) is 28.6. The van der Waals surface area contributed by atoms with E-state index in [1.54, 1.807) is 0 Å². The lowest BCUT2D eigenvalue weighted by molar-refractivity contribution is 0.130. The molecule has 1 saturated carbocycles. The molecule has 1 aliphatic heterocycles. The molecular weight excluding hydrogens is 326 g/mol. The van der Waals surface area contributed by atoms with Crippen LogP contribution in [0.25, 0.3) is 10.8 Å². The van der Waals surface area contributed by atoms with Gasteiger partial charge in [0.1, 0.15) is 12.4 Å². The number of alkyl carbamates (subject to hydrolysis) is 1. The van der Waals surface area contributed by atoms with Crippen LogP contribution in [-0.4, -0.2) is 18.8 Å². The maximum atomic E-state index is 11.4. The Morgan fingerprint density at radius 3 is 2.54 bits per heavy atom. The van der Waals surface area contributed by atoms with Gasteiger partial charge in [-0.25, -0.2) is 4.79 Å². The molecule has 2 aliphatic rings. The van der Waals surface area contributed by atoms with Crippen LogP contribution in [0.5, 0.6) is 5.75 Å². The summed E-state index contributed by atoms with van der Waals surface area (Å²) in [6.45, 7) is 4.63. The molecular formula is C22H27NO3. The summed E-state index contributed by atoms with van der Waals surface area (Å²) < 4.78 is 11.3. The third kappa shape index (κ3) is 3.37. The van der Waals surface area contributed by atoms with Gasteiger partial charge in [0.2, 0.25) is 0 Å². The van der Waals surface area contributed by atoms with Crippen molar-refractivity contribution in [3.8, 4) is 5.75 Å². The van der Waals surface area contributed by atoms with E-state index in [9.17, 15) is 4.79 Å². The minimum atomic E-state index is -0.460. The highest BCUT2D eigenvalue weighted by Crippen LogP contribution is 2.32. The first-order chi connectivity index (χ1) is 12.6. The number of cyclic esters (lactones) is 1. The van der Waals surface area contributed by atoms with Crippen molar-refractivity contribution in [3.63, 3.8) is 0 Å². The molecule has 0 aromatic heterocycles. The van der Waals surface area contributed by atoms with Crippen LogP contribution < -0.4 is 10.1 Å². The largest absolute Gasteiger partial charge is 0.490 e. The average molecular weight is 353 g/mol. The summed E-state index contributed by atoms with van der Waals surface area (Å²) in [6.07, 6.45) is 6.17. The molecule has 4 rings (SSSR count). The van der Waals surface area contributed by atoms with Crippen molar-refractivity contribution < 1.29 is 14.3 Å². The standard InChI is InChI=1S/C22H27NO3/c1-3-15-4-9-19(10-5-15)26-20-11-7-16-12-18(8-6-17(16)13-20)22(2)14-25-21(24)23-22/h6-8,11-13,15,19H,3-5,9-10,14H2,1-2H3,(H,23,24). The second-order valence-electron chi connectivity index (χ2n) is 7.93. The number of benzene rings is 2. The lowest BCUT2D eigenvalue weighted by atomic mass is 9.86. The SMILES string of the molecule is CCC1CCC(Oc2ccc3cc(C4(C)COC(=O)N4)ccc3c2)CC1. The number of ether oxygens (including phenoxy) is 2. The molecule has 0 spiro atoms. The number of amides is 1. The predicted molar refractivity (Wildman–Crippen MR) is 102 cm³/mol. The second kappa shape index (κ2) is 6.82. The van der Waals surface area contributed by atoms with Crippen molar-refractivity contribution in [2.75, 3.05) is 6.61 Å². The van der Waals surface area contributed by atoms with E-state index < -0.39 is 5.54 Å². The summed E-state index contributed by atoms with van der Waals surface area (Å²) in [4.78, 5) is 11.4. The topological polar surface area (TPSA) is 47.6 Å². The molecule has 0 radical (unpaired) electrons. The zero-order valence-electron chi connectivity index (χ0n) is 15.6. The summed E-state index contributed by atoms with van der Waals surface area (Å²) in [7, 11) is 0. The van der Waals surface area contributed by atoms with Crippen LogP contribution in [0.3, 0.4) is 0 Å². The van der Waals surface area contributed by atoms with Gasteiger partial charge in [-0.05, 0) is 73.1 Å². The average Bonchev–Trinajstić information content (AvgIpc) is 3.02. The maximum Gasteiger partial charge on any atom is 0.408 e. The van der Waals surface area contributed by atoms with Gasteiger partial charge in [-0.1, -0.05) is 31.5 Å². The molecule has 1 unspecified atom stereocenters. The van der Waals surface area contributed by atoms with Crippen molar-refractivity contribution in [1.29, 1.82) is 0 Å². The van der Waals surface area contributed by atoms with Gasteiger partial charge in [-0.15, -0.1) is 0 Å². The van der Waals surface area contributed by atoms with Gasteiger partial charge in [0.05, 0.1) is 11.6 Å². The smallest absolute Gasteiger partial charge is 0.408 e. The minimum absolute atomic E-state index is 0.347. The predicted octanol–water partition coefficient (Wildman–Crippen LogP) is 5.14. The van der Waals surface area contributed by atoms with E-state index in [-0.39, 0.29) is 6.09 Å². The molecule has 2 aromatic rings. The molecule has 1 heterocycles. The van der Waals surface area contributed by atoms with E-state index in [2.05, 4.69) is 48.6 Å². The van der Waals surface area contributed by atoms with E-state index >= 15 is 0 Å². The molecule has 26 heavy (non-hydrogen) atoms. The Balaban J connectivity index is 1.50. The highest BCUT2D eigenvalue weighted by molar-refractivity contribution is 5.85. The zero-order valence-corrected chi connectivity index (χ0v) is 15.6. The van der Waals surface area contributed by atoms with Gasteiger partial charge in [0.15, 0.2) is 0 Å². The number of nitrogens with one attached hydrogen (secondary N) is 1. The molecule has 1 saturated heterocycles. The Kier molecular flexibility index (Phi) is 4.51. The van der Waals surface area contributed by atoms with Crippen LogP contribution in [0.1, 0.15) is 51.5 Å². The highest BCUT2D eigenvalue weighted by Gasteiger charge is 2.36. The fourth-order valence-corrected chi connectivity index (χ4v) is 4.15. The molecule has 0 bridgehead atoms. The fourth-order valence-electron chi connectivity index (χ4n) is 4.15. The van der Waals surface area contributed by atoms with E-state index in [1.165, 1.54) is 19.3 Å². The Hall–Kier alpha value is -2.23. The second-order valence-corrected chi connectivity index (χ2v) is 7.93. The van der Waals surface area contributed by atoms with E-state index in [4.69, 9.17) is 9.47 Å². The molecule has 1 amide bonds. The van der Waals surface area contributed by atoms with Crippen LogP contribution in [0, 0.1) is 5.92 Å². The number of rotatable bonds is 4. The summed E-state index contributed by atoms with van der Waals surface area (Å²) in [5.74, 6) is 1.83. The minimum Gasteiger partial charge on any atom is -0.490 e. The first kappa shape index (κ1) is 17.2. The Morgan fingerprint density at radius 1 is 1.12 bits per heavy atom. The number of carbonyl (C=O) groups excluding carboxylic acids is 1. The fraction of sp³-hybridized carbons (Fsp3) is 0.500. The van der Waals surface area contributed by atoms with Gasteiger partial charge < -0.3 is 14.8 Å². The highest BCUT2D eigenvalue weighted by atomic mass is 16.6. The van der Waals surface area contributed by atoms with Crippen molar-refractivity contribution in [2.45, 2.75) is 57.6 Å². The van der Waals surface area contributed by atoms with Crippen molar-refractivity contribution in [2.24, 2.45) is 5.92 Å². The third-order valence-corrected chi connectivity index (χ3v) is 5.99. The summed E-state index contributed by atoms with van der Waals surface area (Å²) in [6, 6.07) is 12.6. The molecule has 4 heteroatoms. The first-order valence-corrected chi connectivity index (χ1v) is 9.71. The monoisotopic (exact) mass is 353 g/mol. The van der Waals surface area contributed by atoms with Crippen LogP contribution in [0.2, 0.25) is 0 Å². The summed E-state index contributed by atoms with van der Waals surface area (Å²) in [5, 5.41) is 5.20. The molecule has 2 fully saturated rings. The number of carbonyl (C=O) groups is 1. The molecule has 1 atom stereocenters. The van der Waals surface area contributed by atoms with E-state index in [0.29, 0.717) is 12.7 Å². The third-order valence-electron chi connectivity index (χ3n) is 5.99. The lowest BCUT2D eigenvalue weighted by Crippen LogP contribution is -2.37. The van der Waals surface area contributed by atoms with Crippen LogP contribution >= 0.6 is 0 Å². The maximum absolute atomic E-state index is 11.4. The van der Waals surface area contributed by atoms with Gasteiger partial charge in [-0.2, -0.15) is 0 Å². The quantitative estimate of drug-likeness (QED) is 0.827. The van der Waals surface area contributed by atoms with Crippen molar-refractivity contribution >= 4 is 16.9 Å². The molecule has 1 aliphatic carbocycles. The number of fused-ring (bicyclic) bond motifs is 1. The lowest BCUT2D eigenvalue weighted by Gasteiger charge is -2.28. The van der Waals surface area contributed by atoms with Gasteiger partial charge in [0.25, 0.3) is 0 Å². The van der Waals surface area contributed by atoms with E-state index in [0.717, 1.165) is 40.8 Å². The Morgan fingerprint density at radius 2 is 1.85 bits per heavy atom. The van der Waals surface area contributed by atoms with Crippen LogP contribution in [0.15, 0.2) is 36.4 Å². The molecule has 4 nitrogen and oxygen atoms in total. The van der Waals surface area contributed by atoms with E-state index in [1.807, 2.05) is 6.92 Å². The van der Waals surface area contributed by atoms with Crippen LogP contribution in [-0.2, 0) is 10.3 Å². The number of hydrogen-bond donors (Lipinski definition) is 1. The molecule has 138 valence electrons. The van der Waals surface area contributed by atoms with Crippen molar-refractivity contribution in [1.82, 2.24) is 5.32 Å². The summed E-state index contributed by atoms with van der Waals surface area (Å²) >= 11 is 0. The zero-order chi connectivity index (χ0) is 18.1. The van der Waals surface area contributed by atoms with Crippen molar-refractivity contribution in [3.05, 3.63) is 42.0 Å². The van der Waals surface area contributed by atoms with Gasteiger partial charge in [-0.3, -0.25) is 0 Å². The van der Waals surface area contributed by atoms with Gasteiger partial charge in [0, 0.05) is 0 Å². The number of hydrogen-bond acceptors (Lipinski definition) is 3.